The van der Waals surface area contributed by atoms with E-state index in [2.05, 4.69) is 29.4 Å². The van der Waals surface area contributed by atoms with Crippen molar-refractivity contribution < 1.29 is 9.21 Å². The Morgan fingerprint density at radius 2 is 2.18 bits per heavy atom. The van der Waals surface area contributed by atoms with E-state index in [0.29, 0.717) is 16.6 Å². The molecule has 0 atom stereocenters. The van der Waals surface area contributed by atoms with Crippen LogP contribution in [0.15, 0.2) is 39.1 Å². The van der Waals surface area contributed by atoms with Gasteiger partial charge in [0.2, 0.25) is 5.13 Å². The van der Waals surface area contributed by atoms with Crippen molar-refractivity contribution in [3.63, 3.8) is 0 Å². The molecule has 0 fully saturated rings. The minimum atomic E-state index is -0.312. The molecule has 2 aromatic heterocycles. The fourth-order valence-corrected chi connectivity index (χ4v) is 3.53. The maximum atomic E-state index is 12.2. The minimum absolute atomic E-state index is 0.271. The summed E-state index contributed by atoms with van der Waals surface area (Å²) in [5.74, 6) is 1.52. The van der Waals surface area contributed by atoms with E-state index in [1.807, 2.05) is 24.3 Å². The molecule has 5 nitrogen and oxygen atoms in total. The quantitative estimate of drug-likeness (QED) is 0.557. The molecule has 0 aliphatic rings. The molecule has 0 aliphatic heterocycles. The van der Waals surface area contributed by atoms with E-state index in [1.165, 1.54) is 11.3 Å². The van der Waals surface area contributed by atoms with E-state index < -0.39 is 0 Å². The van der Waals surface area contributed by atoms with Gasteiger partial charge in [0.1, 0.15) is 5.58 Å². The topological polar surface area (TPSA) is 68.0 Å². The van der Waals surface area contributed by atoms with Crippen LogP contribution in [0.1, 0.15) is 24.4 Å². The fourth-order valence-electron chi connectivity index (χ4n) is 1.81. The standard InChI is InChI=1S/C15H15N3O2S2/c1-9(2)8-21-15-18-17-14(22-15)16-13(19)12-7-10-5-3-4-6-11(10)20-12/h3-7,9H,8H2,1-2H3,(H,16,17,19). The van der Waals surface area contributed by atoms with Crippen LogP contribution in [0.25, 0.3) is 11.0 Å². The number of fused-ring (bicyclic) bond motifs is 1. The van der Waals surface area contributed by atoms with Crippen LogP contribution in [-0.4, -0.2) is 21.9 Å². The molecule has 0 radical (unpaired) electrons. The molecular formula is C15H15N3O2S2. The number of nitrogens with zero attached hydrogens (tertiary/aromatic N) is 2. The molecule has 7 heteroatoms. The Balaban J connectivity index is 1.68. The summed E-state index contributed by atoms with van der Waals surface area (Å²) in [6.45, 7) is 4.30. The molecule has 2 heterocycles. The van der Waals surface area contributed by atoms with Gasteiger partial charge in [-0.05, 0) is 18.1 Å². The number of rotatable bonds is 5. The van der Waals surface area contributed by atoms with Gasteiger partial charge in [-0.2, -0.15) is 0 Å². The van der Waals surface area contributed by atoms with Crippen LogP contribution in [0, 0.1) is 5.92 Å². The monoisotopic (exact) mass is 333 g/mol. The normalized spacial score (nSPS) is 11.2. The Labute approximate surface area is 136 Å². The van der Waals surface area contributed by atoms with Crippen molar-refractivity contribution in [2.45, 2.75) is 18.2 Å². The summed E-state index contributed by atoms with van der Waals surface area (Å²) in [4.78, 5) is 12.2. The average Bonchev–Trinajstić information content (AvgIpc) is 3.11. The predicted molar refractivity (Wildman–Crippen MR) is 89.6 cm³/mol. The zero-order chi connectivity index (χ0) is 15.5. The number of carbonyl (C=O) groups excluding carboxylic acids is 1. The zero-order valence-corrected chi connectivity index (χ0v) is 13.8. The molecule has 0 saturated carbocycles. The van der Waals surface area contributed by atoms with E-state index in [9.17, 15) is 4.79 Å². The second kappa shape index (κ2) is 6.50. The summed E-state index contributed by atoms with van der Waals surface area (Å²) in [7, 11) is 0. The maximum absolute atomic E-state index is 12.2. The number of carbonyl (C=O) groups is 1. The number of hydrogen-bond donors (Lipinski definition) is 1. The molecule has 0 bridgehead atoms. The van der Waals surface area contributed by atoms with Crippen molar-refractivity contribution in [1.82, 2.24) is 10.2 Å². The SMILES string of the molecule is CC(C)CSc1nnc(NC(=O)c2cc3ccccc3o2)s1. The molecule has 114 valence electrons. The summed E-state index contributed by atoms with van der Waals surface area (Å²) in [6, 6.07) is 9.23. The number of hydrogen-bond acceptors (Lipinski definition) is 6. The molecule has 22 heavy (non-hydrogen) atoms. The first-order valence-electron chi connectivity index (χ1n) is 6.88. The molecule has 0 saturated heterocycles. The first-order valence-corrected chi connectivity index (χ1v) is 8.68. The lowest BCUT2D eigenvalue weighted by atomic mass is 10.2. The van der Waals surface area contributed by atoms with Gasteiger partial charge in [0.05, 0.1) is 0 Å². The Morgan fingerprint density at radius 1 is 1.36 bits per heavy atom. The number of furan rings is 1. The van der Waals surface area contributed by atoms with Crippen molar-refractivity contribution in [1.29, 1.82) is 0 Å². The van der Waals surface area contributed by atoms with Gasteiger partial charge < -0.3 is 4.42 Å². The number of amides is 1. The largest absolute Gasteiger partial charge is 0.451 e. The highest BCUT2D eigenvalue weighted by Crippen LogP contribution is 2.27. The van der Waals surface area contributed by atoms with Crippen LogP contribution in [0.4, 0.5) is 5.13 Å². The molecule has 1 amide bonds. The van der Waals surface area contributed by atoms with Gasteiger partial charge in [-0.25, -0.2) is 0 Å². The third-order valence-corrected chi connectivity index (χ3v) is 5.22. The maximum Gasteiger partial charge on any atom is 0.293 e. The Bertz CT molecular complexity index is 762. The highest BCUT2D eigenvalue weighted by Gasteiger charge is 2.15. The van der Waals surface area contributed by atoms with E-state index >= 15 is 0 Å². The molecule has 3 aromatic rings. The van der Waals surface area contributed by atoms with E-state index in [4.69, 9.17) is 4.42 Å². The third kappa shape index (κ3) is 3.48. The highest BCUT2D eigenvalue weighted by molar-refractivity contribution is 8.01. The highest BCUT2D eigenvalue weighted by atomic mass is 32.2. The van der Waals surface area contributed by atoms with E-state index in [0.717, 1.165) is 15.5 Å². The van der Waals surface area contributed by atoms with E-state index in [1.54, 1.807) is 17.8 Å². The first kappa shape index (κ1) is 15.1. The second-order valence-electron chi connectivity index (χ2n) is 5.18. The van der Waals surface area contributed by atoms with Gasteiger partial charge in [-0.1, -0.05) is 55.1 Å². The van der Waals surface area contributed by atoms with E-state index in [-0.39, 0.29) is 11.7 Å². The molecule has 0 spiro atoms. The Hall–Kier alpha value is -1.86. The van der Waals surface area contributed by atoms with Crippen molar-refractivity contribution in [2.24, 2.45) is 5.92 Å². The lowest BCUT2D eigenvalue weighted by Crippen LogP contribution is -2.10. The van der Waals surface area contributed by atoms with Crippen molar-refractivity contribution in [3.05, 3.63) is 36.1 Å². The molecular weight excluding hydrogens is 318 g/mol. The third-order valence-electron chi connectivity index (χ3n) is 2.82. The van der Waals surface area contributed by atoms with Gasteiger partial charge in [0.15, 0.2) is 10.1 Å². The molecule has 1 aromatic carbocycles. The van der Waals surface area contributed by atoms with Crippen molar-refractivity contribution >= 4 is 45.1 Å². The van der Waals surface area contributed by atoms with Gasteiger partial charge >= 0.3 is 0 Å². The lowest BCUT2D eigenvalue weighted by Gasteiger charge is -1.99. The van der Waals surface area contributed by atoms with Gasteiger partial charge in [-0.3, -0.25) is 10.1 Å². The summed E-state index contributed by atoms with van der Waals surface area (Å²) in [5.41, 5.74) is 0.693. The van der Waals surface area contributed by atoms with Gasteiger partial charge in [-0.15, -0.1) is 10.2 Å². The summed E-state index contributed by atoms with van der Waals surface area (Å²) in [5, 5.41) is 12.2. The van der Waals surface area contributed by atoms with Crippen LogP contribution in [0.5, 0.6) is 0 Å². The second-order valence-corrected chi connectivity index (χ2v) is 7.43. The number of benzene rings is 1. The summed E-state index contributed by atoms with van der Waals surface area (Å²) >= 11 is 3.02. The summed E-state index contributed by atoms with van der Waals surface area (Å²) in [6.07, 6.45) is 0. The summed E-state index contributed by atoms with van der Waals surface area (Å²) < 4.78 is 6.38. The van der Waals surface area contributed by atoms with Crippen LogP contribution < -0.4 is 5.32 Å². The van der Waals surface area contributed by atoms with Crippen molar-refractivity contribution in [2.75, 3.05) is 11.1 Å². The van der Waals surface area contributed by atoms with Crippen LogP contribution >= 0.6 is 23.1 Å². The van der Waals surface area contributed by atoms with Crippen LogP contribution in [0.3, 0.4) is 0 Å². The minimum Gasteiger partial charge on any atom is -0.451 e. The number of thioether (sulfide) groups is 1. The molecule has 0 unspecified atom stereocenters. The van der Waals surface area contributed by atoms with Crippen molar-refractivity contribution in [3.8, 4) is 0 Å². The Morgan fingerprint density at radius 3 is 2.95 bits per heavy atom. The predicted octanol–water partition coefficient (Wildman–Crippen LogP) is 4.28. The zero-order valence-electron chi connectivity index (χ0n) is 12.2. The molecule has 1 N–H and O–H groups in total. The number of para-hydroxylation sites is 1. The van der Waals surface area contributed by atoms with Crippen LogP contribution in [-0.2, 0) is 0 Å². The lowest BCUT2D eigenvalue weighted by molar-refractivity contribution is 0.0998. The number of aromatic nitrogens is 2. The molecule has 3 rings (SSSR count). The van der Waals surface area contributed by atoms with Crippen LogP contribution in [0.2, 0.25) is 0 Å². The number of anilines is 1. The number of nitrogens with one attached hydrogen (secondary N) is 1. The Kier molecular flexibility index (Phi) is 4.44. The molecule has 0 aliphatic carbocycles. The smallest absolute Gasteiger partial charge is 0.293 e. The first-order chi connectivity index (χ1) is 10.6. The average molecular weight is 333 g/mol. The van der Waals surface area contributed by atoms with Gasteiger partial charge in [0, 0.05) is 11.1 Å². The fraction of sp³-hybridized carbons (Fsp3) is 0.267. The van der Waals surface area contributed by atoms with Gasteiger partial charge in [0.25, 0.3) is 5.91 Å².